The third-order valence-electron chi connectivity index (χ3n) is 2.99. The number of carbonyl (C=O) groups excluding carboxylic acids is 3. The molecule has 0 radical (unpaired) electrons. The summed E-state index contributed by atoms with van der Waals surface area (Å²) in [6, 6.07) is 0. The fourth-order valence-corrected chi connectivity index (χ4v) is 1.82. The number of allylic oxidation sites excluding steroid dienone is 1. The van der Waals surface area contributed by atoms with Gasteiger partial charge in [0.2, 0.25) is 0 Å². The molecule has 0 bridgehead atoms. The number of esters is 1. The second-order valence-electron chi connectivity index (χ2n) is 4.57. The SMILES string of the molecule is CCOC(=O)C1CC(=O)C(=COC2CC2)C(=O)C1. The van der Waals surface area contributed by atoms with E-state index in [0.29, 0.717) is 0 Å². The molecule has 2 aliphatic rings. The van der Waals surface area contributed by atoms with Gasteiger partial charge >= 0.3 is 5.97 Å². The number of Topliss-reactive ketones (excluding diaryl/α,β-unsaturated/α-hetero) is 2. The highest BCUT2D eigenvalue weighted by Gasteiger charge is 2.36. The van der Waals surface area contributed by atoms with E-state index < -0.39 is 11.9 Å². The lowest BCUT2D eigenvalue weighted by Gasteiger charge is -2.20. The van der Waals surface area contributed by atoms with E-state index in [4.69, 9.17) is 9.47 Å². The minimum atomic E-state index is -0.636. The van der Waals surface area contributed by atoms with Gasteiger partial charge in [-0.05, 0) is 19.8 Å². The average molecular weight is 252 g/mol. The highest BCUT2D eigenvalue weighted by Crippen LogP contribution is 2.27. The molecule has 0 spiro atoms. The molecular weight excluding hydrogens is 236 g/mol. The normalized spacial score (nSPS) is 23.8. The number of hydrogen-bond donors (Lipinski definition) is 0. The van der Waals surface area contributed by atoms with Gasteiger partial charge in [-0.25, -0.2) is 0 Å². The quantitative estimate of drug-likeness (QED) is 0.325. The molecule has 2 fully saturated rings. The number of carbonyl (C=O) groups is 3. The van der Waals surface area contributed by atoms with E-state index in [1.165, 1.54) is 6.26 Å². The summed E-state index contributed by atoms with van der Waals surface area (Å²) in [4.78, 5) is 35.1. The lowest BCUT2D eigenvalue weighted by molar-refractivity contribution is -0.151. The Kier molecular flexibility index (Phi) is 3.79. The lowest BCUT2D eigenvalue weighted by Crippen LogP contribution is -2.31. The first-order valence-electron chi connectivity index (χ1n) is 6.20. The van der Waals surface area contributed by atoms with Gasteiger partial charge in [-0.3, -0.25) is 14.4 Å². The second kappa shape index (κ2) is 5.33. The molecule has 0 aliphatic heterocycles. The minimum Gasteiger partial charge on any atom is -0.497 e. The number of ether oxygens (including phenoxy) is 2. The predicted molar refractivity (Wildman–Crippen MR) is 61.6 cm³/mol. The Bertz CT molecular complexity index is 386. The van der Waals surface area contributed by atoms with E-state index >= 15 is 0 Å². The maximum absolute atomic E-state index is 11.8. The molecule has 0 N–H and O–H groups in total. The van der Waals surface area contributed by atoms with Crippen molar-refractivity contribution < 1.29 is 23.9 Å². The molecule has 5 nitrogen and oxygen atoms in total. The number of ketones is 2. The summed E-state index contributed by atoms with van der Waals surface area (Å²) in [7, 11) is 0. The Labute approximate surface area is 105 Å². The Balaban J connectivity index is 1.98. The molecule has 0 aromatic carbocycles. The zero-order valence-electron chi connectivity index (χ0n) is 10.3. The zero-order chi connectivity index (χ0) is 13.1. The van der Waals surface area contributed by atoms with Crippen molar-refractivity contribution in [3.8, 4) is 0 Å². The largest absolute Gasteiger partial charge is 0.497 e. The number of hydrogen-bond acceptors (Lipinski definition) is 5. The molecule has 2 rings (SSSR count). The van der Waals surface area contributed by atoms with Crippen LogP contribution in [0.2, 0.25) is 0 Å². The van der Waals surface area contributed by atoms with Gasteiger partial charge in [0, 0.05) is 12.8 Å². The molecule has 0 aromatic rings. The smallest absolute Gasteiger partial charge is 0.309 e. The summed E-state index contributed by atoms with van der Waals surface area (Å²) in [6.07, 6.45) is 3.43. The van der Waals surface area contributed by atoms with Gasteiger partial charge < -0.3 is 9.47 Å². The van der Waals surface area contributed by atoms with Gasteiger partial charge in [-0.2, -0.15) is 0 Å². The van der Waals surface area contributed by atoms with Crippen molar-refractivity contribution in [2.45, 2.75) is 38.7 Å². The molecule has 18 heavy (non-hydrogen) atoms. The first-order chi connectivity index (χ1) is 8.61. The van der Waals surface area contributed by atoms with Gasteiger partial charge in [0.1, 0.15) is 0 Å². The van der Waals surface area contributed by atoms with Crippen LogP contribution in [0.25, 0.3) is 0 Å². The fraction of sp³-hybridized carbons (Fsp3) is 0.615. The average Bonchev–Trinajstić information content (AvgIpc) is 3.12. The summed E-state index contributed by atoms with van der Waals surface area (Å²) in [6.45, 7) is 1.95. The van der Waals surface area contributed by atoms with E-state index in [0.717, 1.165) is 12.8 Å². The molecule has 2 aliphatic carbocycles. The maximum Gasteiger partial charge on any atom is 0.309 e. The molecular formula is C13H16O5. The maximum atomic E-state index is 11.8. The first-order valence-corrected chi connectivity index (χ1v) is 6.20. The lowest BCUT2D eigenvalue weighted by atomic mass is 9.84. The van der Waals surface area contributed by atoms with Crippen LogP contribution in [0.15, 0.2) is 11.8 Å². The third-order valence-corrected chi connectivity index (χ3v) is 2.99. The van der Waals surface area contributed by atoms with Crippen molar-refractivity contribution >= 4 is 17.5 Å². The van der Waals surface area contributed by atoms with Gasteiger partial charge in [-0.1, -0.05) is 0 Å². The molecule has 2 saturated carbocycles. The monoisotopic (exact) mass is 252 g/mol. The Hall–Kier alpha value is -1.65. The fourth-order valence-electron chi connectivity index (χ4n) is 1.82. The van der Waals surface area contributed by atoms with E-state index in [2.05, 4.69) is 0 Å². The van der Waals surface area contributed by atoms with Crippen LogP contribution in [0.3, 0.4) is 0 Å². The first kappa shape index (κ1) is 12.8. The Morgan fingerprint density at radius 2 is 1.89 bits per heavy atom. The van der Waals surface area contributed by atoms with Gasteiger partial charge in [0.15, 0.2) is 11.6 Å². The standard InChI is InChI=1S/C13H16O5/c1-2-17-13(16)8-5-11(14)10(12(15)6-8)7-18-9-3-4-9/h7-9H,2-6H2,1H3. The van der Waals surface area contributed by atoms with Crippen LogP contribution in [0.4, 0.5) is 0 Å². The van der Waals surface area contributed by atoms with Gasteiger partial charge in [0.25, 0.3) is 0 Å². The molecule has 0 aromatic heterocycles. The molecule has 0 atom stereocenters. The predicted octanol–water partition coefficient (Wildman–Crippen LogP) is 1.16. The third kappa shape index (κ3) is 2.97. The van der Waals surface area contributed by atoms with E-state index in [1.54, 1.807) is 6.92 Å². The van der Waals surface area contributed by atoms with Crippen molar-refractivity contribution in [1.29, 1.82) is 0 Å². The van der Waals surface area contributed by atoms with Crippen LogP contribution in [0.5, 0.6) is 0 Å². The highest BCUT2D eigenvalue weighted by molar-refractivity contribution is 6.22. The molecule has 0 unspecified atom stereocenters. The van der Waals surface area contributed by atoms with Crippen LogP contribution in [-0.4, -0.2) is 30.2 Å². The van der Waals surface area contributed by atoms with Crippen molar-refractivity contribution in [3.05, 3.63) is 11.8 Å². The van der Waals surface area contributed by atoms with Crippen molar-refractivity contribution in [3.63, 3.8) is 0 Å². The van der Waals surface area contributed by atoms with E-state index in [1.807, 2.05) is 0 Å². The topological polar surface area (TPSA) is 69.7 Å². The highest BCUT2D eigenvalue weighted by atomic mass is 16.5. The molecule has 0 heterocycles. The second-order valence-corrected chi connectivity index (χ2v) is 4.57. The number of rotatable bonds is 4. The van der Waals surface area contributed by atoms with Gasteiger partial charge in [-0.15, -0.1) is 0 Å². The van der Waals surface area contributed by atoms with Gasteiger partial charge in [0.05, 0.1) is 30.5 Å². The van der Waals surface area contributed by atoms with Crippen LogP contribution in [0, 0.1) is 5.92 Å². The minimum absolute atomic E-state index is 0.0322. The Morgan fingerprint density at radius 1 is 1.28 bits per heavy atom. The van der Waals surface area contributed by atoms with Crippen molar-refractivity contribution in [1.82, 2.24) is 0 Å². The Morgan fingerprint density at radius 3 is 2.39 bits per heavy atom. The van der Waals surface area contributed by atoms with Crippen LogP contribution in [-0.2, 0) is 23.9 Å². The van der Waals surface area contributed by atoms with Crippen LogP contribution < -0.4 is 0 Å². The van der Waals surface area contributed by atoms with Crippen LogP contribution in [0.1, 0.15) is 32.6 Å². The molecule has 0 amide bonds. The molecule has 98 valence electrons. The van der Waals surface area contributed by atoms with Crippen LogP contribution >= 0.6 is 0 Å². The zero-order valence-corrected chi connectivity index (χ0v) is 10.3. The van der Waals surface area contributed by atoms with Crippen molar-refractivity contribution in [2.24, 2.45) is 5.92 Å². The molecule has 5 heteroatoms. The van der Waals surface area contributed by atoms with E-state index in [-0.39, 0.29) is 42.7 Å². The summed E-state index contributed by atoms with van der Waals surface area (Å²) >= 11 is 0. The summed E-state index contributed by atoms with van der Waals surface area (Å²) in [5, 5.41) is 0. The molecule has 0 saturated heterocycles. The summed E-state index contributed by atoms with van der Waals surface area (Å²) in [5.41, 5.74) is 0.0856. The summed E-state index contributed by atoms with van der Waals surface area (Å²) in [5.74, 6) is -1.76. The van der Waals surface area contributed by atoms with Crippen molar-refractivity contribution in [2.75, 3.05) is 6.61 Å². The summed E-state index contributed by atoms with van der Waals surface area (Å²) < 4.78 is 10.1. The van der Waals surface area contributed by atoms with E-state index in [9.17, 15) is 14.4 Å².